The minimum Gasteiger partial charge on any atom is -0.480 e. The average Bonchev–Trinajstić information content (AvgIpc) is 3.51. The van der Waals surface area contributed by atoms with E-state index in [1.165, 1.54) is 17.2 Å². The van der Waals surface area contributed by atoms with Crippen molar-refractivity contribution < 1.29 is 23.2 Å². The summed E-state index contributed by atoms with van der Waals surface area (Å²) in [6.07, 6.45) is 3.87. The first kappa shape index (κ1) is 22.6. The van der Waals surface area contributed by atoms with Gasteiger partial charge >= 0.3 is 5.97 Å². The van der Waals surface area contributed by atoms with E-state index < -0.39 is 17.8 Å². The van der Waals surface area contributed by atoms with Crippen LogP contribution in [-0.2, 0) is 11.3 Å². The highest BCUT2D eigenvalue weighted by Crippen LogP contribution is 2.31. The number of halogens is 2. The quantitative estimate of drug-likeness (QED) is 0.441. The molecule has 0 amide bonds. The van der Waals surface area contributed by atoms with Gasteiger partial charge < -0.3 is 14.5 Å². The van der Waals surface area contributed by atoms with Crippen molar-refractivity contribution >= 4 is 11.8 Å². The topological polar surface area (TPSA) is 110 Å². The molecule has 0 spiro atoms. The molecule has 0 saturated carbocycles. The first-order valence-electron chi connectivity index (χ1n) is 11.2. The maximum absolute atomic E-state index is 14.8. The van der Waals surface area contributed by atoms with Crippen molar-refractivity contribution in [2.24, 2.45) is 5.92 Å². The molecule has 1 aliphatic heterocycles. The van der Waals surface area contributed by atoms with Crippen LogP contribution in [0.3, 0.4) is 0 Å². The number of aromatic nitrogens is 5. The van der Waals surface area contributed by atoms with Gasteiger partial charge in [0.1, 0.15) is 29.5 Å². The molecule has 5 rings (SSSR count). The molecule has 1 aliphatic rings. The molecule has 11 heteroatoms. The molecule has 1 N–H and O–H groups in total. The Morgan fingerprint density at radius 3 is 2.77 bits per heavy atom. The van der Waals surface area contributed by atoms with Crippen LogP contribution in [0.5, 0.6) is 0 Å². The second kappa shape index (κ2) is 9.24. The van der Waals surface area contributed by atoms with Crippen molar-refractivity contribution in [1.29, 1.82) is 0 Å². The van der Waals surface area contributed by atoms with Crippen molar-refractivity contribution in [3.8, 4) is 22.9 Å². The van der Waals surface area contributed by atoms with Crippen molar-refractivity contribution in [1.82, 2.24) is 24.9 Å². The van der Waals surface area contributed by atoms with Crippen LogP contribution in [0.15, 0.2) is 53.4 Å². The number of anilines is 1. The second-order valence-corrected chi connectivity index (χ2v) is 8.51. The molecule has 9 nitrogen and oxygen atoms in total. The first-order valence-corrected chi connectivity index (χ1v) is 11.2. The van der Waals surface area contributed by atoms with E-state index in [2.05, 4.69) is 20.2 Å². The van der Waals surface area contributed by atoms with E-state index in [1.807, 2.05) is 6.92 Å². The standard InChI is InChI=1S/C24H22F2N6O3/c1-14-5-4-9-31(21(14)24(33)34)23-17(26)12-27-22(28-23)19-11-20(18-8-10-35-30-18)32(29-19)13-15-6-2-3-7-16(15)25/h2-3,6-8,10-12,14,21H,4-5,9,13H2,1H3,(H,33,34)/t14?,21-/m1/s1. The third-order valence-electron chi connectivity index (χ3n) is 6.17. The Hall–Kier alpha value is -4.15. The molecule has 35 heavy (non-hydrogen) atoms. The molecule has 1 fully saturated rings. The molecule has 1 aromatic carbocycles. The van der Waals surface area contributed by atoms with Gasteiger partial charge in [0, 0.05) is 18.2 Å². The molecule has 4 aromatic rings. The van der Waals surface area contributed by atoms with Gasteiger partial charge in [-0.25, -0.2) is 23.5 Å². The monoisotopic (exact) mass is 480 g/mol. The van der Waals surface area contributed by atoms with Gasteiger partial charge in [-0.3, -0.25) is 4.68 Å². The summed E-state index contributed by atoms with van der Waals surface area (Å²) in [4.78, 5) is 21.9. The Labute approximate surface area is 199 Å². The van der Waals surface area contributed by atoms with Gasteiger partial charge in [0.25, 0.3) is 0 Å². The van der Waals surface area contributed by atoms with Gasteiger partial charge in [0.05, 0.1) is 18.4 Å². The van der Waals surface area contributed by atoms with E-state index in [0.29, 0.717) is 29.2 Å². The Balaban J connectivity index is 1.56. The van der Waals surface area contributed by atoms with Gasteiger partial charge in [0.15, 0.2) is 17.5 Å². The number of hydrogen-bond donors (Lipinski definition) is 1. The number of carbonyl (C=O) groups is 1. The SMILES string of the molecule is CC1CCCN(c2nc(-c3cc(-c4ccon4)n(Cc4ccccc4F)n3)ncc2F)[C@H]1C(=O)O. The summed E-state index contributed by atoms with van der Waals surface area (Å²) in [6, 6.07) is 8.75. The predicted octanol–water partition coefficient (Wildman–Crippen LogP) is 4.01. The smallest absolute Gasteiger partial charge is 0.326 e. The third-order valence-corrected chi connectivity index (χ3v) is 6.17. The van der Waals surface area contributed by atoms with Crippen LogP contribution in [0.25, 0.3) is 22.9 Å². The molecule has 2 atom stereocenters. The maximum atomic E-state index is 14.8. The average molecular weight is 480 g/mol. The lowest BCUT2D eigenvalue weighted by Crippen LogP contribution is -2.50. The van der Waals surface area contributed by atoms with E-state index in [9.17, 15) is 18.7 Å². The second-order valence-electron chi connectivity index (χ2n) is 8.51. The van der Waals surface area contributed by atoms with Crippen molar-refractivity contribution in [2.75, 3.05) is 11.4 Å². The first-order chi connectivity index (χ1) is 16.9. The van der Waals surface area contributed by atoms with Crippen LogP contribution in [0.4, 0.5) is 14.6 Å². The molecular weight excluding hydrogens is 458 g/mol. The van der Waals surface area contributed by atoms with Crippen molar-refractivity contribution in [3.63, 3.8) is 0 Å². The van der Waals surface area contributed by atoms with Gasteiger partial charge in [-0.1, -0.05) is 30.3 Å². The van der Waals surface area contributed by atoms with E-state index in [-0.39, 0.29) is 29.9 Å². The Bertz CT molecular complexity index is 1360. The fourth-order valence-corrected chi connectivity index (χ4v) is 4.47. The number of carboxylic acid groups (broad SMARTS) is 1. The summed E-state index contributed by atoms with van der Waals surface area (Å²) in [5.74, 6) is -2.26. The number of nitrogens with zero attached hydrogens (tertiary/aromatic N) is 6. The van der Waals surface area contributed by atoms with E-state index in [4.69, 9.17) is 4.52 Å². The zero-order valence-corrected chi connectivity index (χ0v) is 18.8. The summed E-state index contributed by atoms with van der Waals surface area (Å²) in [7, 11) is 0. The van der Waals surface area contributed by atoms with Gasteiger partial charge in [-0.05, 0) is 30.9 Å². The molecule has 1 saturated heterocycles. The lowest BCUT2D eigenvalue weighted by Gasteiger charge is -2.38. The number of carboxylic acids is 1. The number of piperidine rings is 1. The predicted molar refractivity (Wildman–Crippen MR) is 121 cm³/mol. The molecule has 3 aromatic heterocycles. The van der Waals surface area contributed by atoms with Crippen LogP contribution in [-0.4, -0.2) is 48.6 Å². The Morgan fingerprint density at radius 2 is 2.03 bits per heavy atom. The molecule has 0 radical (unpaired) electrons. The summed E-state index contributed by atoms with van der Waals surface area (Å²) in [5, 5.41) is 18.3. The maximum Gasteiger partial charge on any atom is 0.326 e. The van der Waals surface area contributed by atoms with E-state index >= 15 is 0 Å². The van der Waals surface area contributed by atoms with Crippen LogP contribution < -0.4 is 4.90 Å². The van der Waals surface area contributed by atoms with Gasteiger partial charge in [-0.15, -0.1) is 0 Å². The molecule has 1 unspecified atom stereocenters. The number of rotatable bonds is 6. The Kier molecular flexibility index (Phi) is 5.98. The van der Waals surface area contributed by atoms with Crippen LogP contribution >= 0.6 is 0 Å². The molecular formula is C24H22F2N6O3. The number of hydrogen-bond acceptors (Lipinski definition) is 7. The van der Waals surface area contributed by atoms with Gasteiger partial charge in [-0.2, -0.15) is 5.10 Å². The highest BCUT2D eigenvalue weighted by atomic mass is 19.1. The lowest BCUT2D eigenvalue weighted by molar-refractivity contribution is -0.140. The molecule has 0 aliphatic carbocycles. The van der Waals surface area contributed by atoms with Crippen LogP contribution in [0, 0.1) is 17.6 Å². The molecule has 4 heterocycles. The number of benzene rings is 1. The summed E-state index contributed by atoms with van der Waals surface area (Å²) in [5.41, 5.74) is 1.72. The highest BCUT2D eigenvalue weighted by molar-refractivity contribution is 5.78. The van der Waals surface area contributed by atoms with E-state index in [1.54, 1.807) is 35.0 Å². The van der Waals surface area contributed by atoms with Crippen molar-refractivity contribution in [3.05, 3.63) is 66.1 Å². The highest BCUT2D eigenvalue weighted by Gasteiger charge is 2.36. The minimum absolute atomic E-state index is 0.0828. The van der Waals surface area contributed by atoms with E-state index in [0.717, 1.165) is 19.0 Å². The number of aliphatic carboxylic acids is 1. The fraction of sp³-hybridized carbons (Fsp3) is 0.292. The summed E-state index contributed by atoms with van der Waals surface area (Å²) in [6.45, 7) is 2.30. The fourth-order valence-electron chi connectivity index (χ4n) is 4.47. The third kappa shape index (κ3) is 4.36. The normalized spacial score (nSPS) is 18.1. The van der Waals surface area contributed by atoms with Gasteiger partial charge in [0.2, 0.25) is 0 Å². The van der Waals surface area contributed by atoms with Crippen LogP contribution in [0.1, 0.15) is 25.3 Å². The largest absolute Gasteiger partial charge is 0.480 e. The minimum atomic E-state index is -1.03. The zero-order valence-electron chi connectivity index (χ0n) is 18.8. The summed E-state index contributed by atoms with van der Waals surface area (Å²) >= 11 is 0. The van der Waals surface area contributed by atoms with Crippen LogP contribution in [0.2, 0.25) is 0 Å². The van der Waals surface area contributed by atoms with Crippen molar-refractivity contribution in [2.45, 2.75) is 32.4 Å². The molecule has 0 bridgehead atoms. The zero-order chi connectivity index (χ0) is 24.5. The lowest BCUT2D eigenvalue weighted by atomic mass is 9.91. The molecule has 180 valence electrons. The summed E-state index contributed by atoms with van der Waals surface area (Å²) < 4.78 is 35.7. The Morgan fingerprint density at radius 1 is 1.20 bits per heavy atom.